The zero-order valence-electron chi connectivity index (χ0n) is 17.8. The van der Waals surface area contributed by atoms with Gasteiger partial charge in [-0.1, -0.05) is 11.3 Å². The SMILES string of the molecule is C=N/C(=C(C#N)\C=N/c1ccc(N2CCN(C(C)=O)CC2)cn1)c1sc(NC)nc1C. The average molecular weight is 437 g/mol. The van der Waals surface area contributed by atoms with Gasteiger partial charge in [0.25, 0.3) is 0 Å². The predicted molar refractivity (Wildman–Crippen MR) is 125 cm³/mol. The summed E-state index contributed by atoms with van der Waals surface area (Å²) in [6, 6.07) is 5.88. The fourth-order valence-electron chi connectivity index (χ4n) is 3.20. The zero-order chi connectivity index (χ0) is 22.4. The molecule has 1 aliphatic heterocycles. The van der Waals surface area contributed by atoms with Crippen LogP contribution in [-0.2, 0) is 4.79 Å². The van der Waals surface area contributed by atoms with E-state index in [4.69, 9.17) is 0 Å². The van der Waals surface area contributed by atoms with Gasteiger partial charge in [0, 0.05) is 46.4 Å². The third-order valence-corrected chi connectivity index (χ3v) is 6.09. The smallest absolute Gasteiger partial charge is 0.219 e. The molecule has 0 spiro atoms. The molecule has 0 atom stereocenters. The summed E-state index contributed by atoms with van der Waals surface area (Å²) in [5, 5.41) is 13.4. The number of anilines is 2. The molecule has 2 aromatic rings. The number of piperazine rings is 1. The molecule has 0 saturated carbocycles. The second kappa shape index (κ2) is 9.95. The number of aryl methyl sites for hydroxylation is 1. The van der Waals surface area contributed by atoms with Gasteiger partial charge in [-0.15, -0.1) is 0 Å². The number of amides is 1. The fourth-order valence-corrected chi connectivity index (χ4v) is 4.14. The van der Waals surface area contributed by atoms with Gasteiger partial charge >= 0.3 is 0 Å². The van der Waals surface area contributed by atoms with Gasteiger partial charge in [-0.25, -0.2) is 15.0 Å². The maximum atomic E-state index is 11.5. The summed E-state index contributed by atoms with van der Waals surface area (Å²) in [7, 11) is 1.79. The normalized spacial score (nSPS) is 14.9. The number of thiazole rings is 1. The largest absolute Gasteiger partial charge is 0.367 e. The van der Waals surface area contributed by atoms with E-state index in [1.807, 2.05) is 17.9 Å². The van der Waals surface area contributed by atoms with Gasteiger partial charge in [-0.2, -0.15) is 5.26 Å². The number of allylic oxidation sites excluding steroid dienone is 1. The number of aliphatic imine (C=N–C) groups is 2. The molecule has 1 fully saturated rings. The van der Waals surface area contributed by atoms with E-state index in [2.05, 4.69) is 43.0 Å². The molecular formula is C21H24N8OS. The number of hydrogen-bond acceptors (Lipinski definition) is 9. The van der Waals surface area contributed by atoms with Gasteiger partial charge in [0.15, 0.2) is 10.9 Å². The van der Waals surface area contributed by atoms with Crippen molar-refractivity contribution in [2.45, 2.75) is 13.8 Å². The Kier molecular flexibility index (Phi) is 7.10. The molecule has 3 heterocycles. The van der Waals surface area contributed by atoms with Crippen molar-refractivity contribution in [2.75, 3.05) is 43.4 Å². The van der Waals surface area contributed by atoms with Crippen LogP contribution in [0.3, 0.4) is 0 Å². The van der Waals surface area contributed by atoms with Gasteiger partial charge in [0.2, 0.25) is 5.91 Å². The van der Waals surface area contributed by atoms with Crippen LogP contribution >= 0.6 is 11.3 Å². The zero-order valence-corrected chi connectivity index (χ0v) is 18.6. The highest BCUT2D eigenvalue weighted by Gasteiger charge is 2.19. The van der Waals surface area contributed by atoms with E-state index in [-0.39, 0.29) is 11.5 Å². The van der Waals surface area contributed by atoms with Crippen LogP contribution in [0.15, 0.2) is 33.9 Å². The Bertz CT molecular complexity index is 1060. The minimum Gasteiger partial charge on any atom is -0.367 e. The topological polar surface area (TPSA) is 110 Å². The van der Waals surface area contributed by atoms with Crippen molar-refractivity contribution >= 4 is 52.5 Å². The molecule has 160 valence electrons. The number of rotatable bonds is 6. The van der Waals surface area contributed by atoms with Crippen LogP contribution in [0.5, 0.6) is 0 Å². The summed E-state index contributed by atoms with van der Waals surface area (Å²) in [5.74, 6) is 0.590. The molecule has 10 heteroatoms. The van der Waals surface area contributed by atoms with Crippen molar-refractivity contribution in [3.8, 4) is 6.07 Å². The van der Waals surface area contributed by atoms with E-state index < -0.39 is 0 Å². The number of carbonyl (C=O) groups is 1. The first-order valence-corrected chi connectivity index (χ1v) is 10.6. The first-order valence-electron chi connectivity index (χ1n) is 9.74. The van der Waals surface area contributed by atoms with Crippen LogP contribution in [0.25, 0.3) is 5.70 Å². The van der Waals surface area contributed by atoms with Crippen molar-refractivity contribution in [3.05, 3.63) is 34.5 Å². The van der Waals surface area contributed by atoms with E-state index in [1.165, 1.54) is 17.6 Å². The van der Waals surface area contributed by atoms with Crippen molar-refractivity contribution < 1.29 is 4.79 Å². The molecule has 1 amide bonds. The van der Waals surface area contributed by atoms with Gasteiger partial charge in [-0.3, -0.25) is 9.79 Å². The summed E-state index contributed by atoms with van der Waals surface area (Å²) in [6.45, 7) is 10.0. The third kappa shape index (κ3) is 5.13. The number of carbonyl (C=O) groups excluding carboxylic acids is 1. The van der Waals surface area contributed by atoms with Gasteiger partial charge < -0.3 is 15.1 Å². The molecule has 9 nitrogen and oxygen atoms in total. The lowest BCUT2D eigenvalue weighted by atomic mass is 10.2. The Balaban J connectivity index is 1.76. The molecule has 1 N–H and O–H groups in total. The summed E-state index contributed by atoms with van der Waals surface area (Å²) in [4.78, 5) is 33.4. The highest BCUT2D eigenvalue weighted by atomic mass is 32.1. The molecule has 31 heavy (non-hydrogen) atoms. The molecular weight excluding hydrogens is 412 g/mol. The molecule has 3 rings (SSSR count). The van der Waals surface area contributed by atoms with Gasteiger partial charge in [0.05, 0.1) is 28.0 Å². The maximum Gasteiger partial charge on any atom is 0.219 e. The van der Waals surface area contributed by atoms with Crippen molar-refractivity contribution in [3.63, 3.8) is 0 Å². The number of nitriles is 1. The Labute approximate surface area is 185 Å². The minimum absolute atomic E-state index is 0.105. The molecule has 0 aliphatic carbocycles. The lowest BCUT2D eigenvalue weighted by molar-refractivity contribution is -0.129. The standard InChI is InChI=1S/C21H24N8OS/c1-14-20(31-21(24-4)27-14)19(23-3)16(11-22)12-25-18-6-5-17(13-26-18)29-9-7-28(8-10-29)15(2)30/h5-6,12-13H,3,7-10H2,1-2,4H3,(H,24,27)/b19-16-,25-12-. The molecule has 0 bridgehead atoms. The predicted octanol–water partition coefficient (Wildman–Crippen LogP) is 2.89. The molecule has 1 aliphatic rings. The summed E-state index contributed by atoms with van der Waals surface area (Å²) < 4.78 is 0. The average Bonchev–Trinajstić information content (AvgIpc) is 3.17. The van der Waals surface area contributed by atoms with Crippen LogP contribution in [0.4, 0.5) is 16.6 Å². The third-order valence-electron chi connectivity index (χ3n) is 4.91. The van der Waals surface area contributed by atoms with Crippen LogP contribution in [0.1, 0.15) is 17.5 Å². The Morgan fingerprint density at radius 1 is 1.35 bits per heavy atom. The summed E-state index contributed by atoms with van der Waals surface area (Å²) in [5.41, 5.74) is 2.48. The van der Waals surface area contributed by atoms with E-state index in [0.29, 0.717) is 24.6 Å². The van der Waals surface area contributed by atoms with Crippen LogP contribution in [0.2, 0.25) is 0 Å². The first kappa shape index (κ1) is 22.1. The molecule has 1 saturated heterocycles. The number of nitrogens with zero attached hydrogens (tertiary/aromatic N) is 7. The van der Waals surface area contributed by atoms with Crippen LogP contribution < -0.4 is 10.2 Å². The molecule has 2 aromatic heterocycles. The monoisotopic (exact) mass is 436 g/mol. The molecule has 0 unspecified atom stereocenters. The van der Waals surface area contributed by atoms with Crippen molar-refractivity contribution in [2.24, 2.45) is 9.98 Å². The highest BCUT2D eigenvalue weighted by molar-refractivity contribution is 7.16. The molecule has 0 aromatic carbocycles. The summed E-state index contributed by atoms with van der Waals surface area (Å²) in [6.07, 6.45) is 3.21. The van der Waals surface area contributed by atoms with E-state index in [9.17, 15) is 10.1 Å². The van der Waals surface area contributed by atoms with Gasteiger partial charge in [-0.05, 0) is 25.8 Å². The number of hydrogen-bond donors (Lipinski definition) is 1. The van der Waals surface area contributed by atoms with E-state index >= 15 is 0 Å². The second-order valence-electron chi connectivity index (χ2n) is 6.84. The quantitative estimate of drug-likeness (QED) is 0.551. The lowest BCUT2D eigenvalue weighted by Gasteiger charge is -2.35. The Morgan fingerprint density at radius 3 is 2.61 bits per heavy atom. The Hall–Kier alpha value is -3.58. The first-order chi connectivity index (χ1) is 15.0. The maximum absolute atomic E-state index is 11.5. The number of aromatic nitrogens is 2. The summed E-state index contributed by atoms with van der Waals surface area (Å²) >= 11 is 1.40. The Morgan fingerprint density at radius 2 is 2.10 bits per heavy atom. The fraction of sp³-hybridized carbons (Fsp3) is 0.333. The second-order valence-corrected chi connectivity index (χ2v) is 7.84. The highest BCUT2D eigenvalue weighted by Crippen LogP contribution is 2.31. The van der Waals surface area contributed by atoms with E-state index in [1.54, 1.807) is 26.2 Å². The number of pyridine rings is 1. The van der Waals surface area contributed by atoms with E-state index in [0.717, 1.165) is 34.5 Å². The van der Waals surface area contributed by atoms with Crippen molar-refractivity contribution in [1.29, 1.82) is 5.26 Å². The lowest BCUT2D eigenvalue weighted by Crippen LogP contribution is -2.48. The minimum atomic E-state index is 0.105. The van der Waals surface area contributed by atoms with Gasteiger partial charge in [0.1, 0.15) is 11.8 Å². The number of nitrogens with one attached hydrogen (secondary N) is 1. The van der Waals surface area contributed by atoms with Crippen LogP contribution in [0, 0.1) is 18.3 Å². The van der Waals surface area contributed by atoms with Crippen LogP contribution in [-0.4, -0.2) is 66.9 Å². The molecule has 0 radical (unpaired) electrons. The van der Waals surface area contributed by atoms with Crippen molar-refractivity contribution in [1.82, 2.24) is 14.9 Å².